The summed E-state index contributed by atoms with van der Waals surface area (Å²) in [5.74, 6) is 1.69. The van der Waals surface area contributed by atoms with Gasteiger partial charge in [-0.1, -0.05) is 5.16 Å². The van der Waals surface area contributed by atoms with Gasteiger partial charge in [0.2, 0.25) is 11.7 Å². The summed E-state index contributed by atoms with van der Waals surface area (Å²) in [5, 5.41) is 3.83. The van der Waals surface area contributed by atoms with E-state index >= 15 is 0 Å². The molecular formula is C17H17N3O5S. The Morgan fingerprint density at radius 2 is 1.77 bits per heavy atom. The van der Waals surface area contributed by atoms with Crippen molar-refractivity contribution < 1.29 is 22.4 Å². The molecule has 0 saturated carbocycles. The van der Waals surface area contributed by atoms with Gasteiger partial charge in [-0.15, -0.1) is 0 Å². The molecule has 0 spiro atoms. The van der Waals surface area contributed by atoms with Gasteiger partial charge in [0.15, 0.2) is 0 Å². The van der Waals surface area contributed by atoms with Crippen molar-refractivity contribution >= 4 is 15.7 Å². The minimum Gasteiger partial charge on any atom is -0.497 e. The standard InChI is InChI=1S/C17H17N3O5S/c1-11-18-17(19-25-11)15-10-14(8-9-16(15)24-3)26(21,22)20-12-4-6-13(23-2)7-5-12/h4-10,20H,1-3H3. The minimum atomic E-state index is -3.81. The molecule has 1 aromatic heterocycles. The molecule has 8 nitrogen and oxygen atoms in total. The third-order valence-corrected chi connectivity index (χ3v) is 4.97. The molecule has 1 heterocycles. The third kappa shape index (κ3) is 3.62. The number of aromatic nitrogens is 2. The van der Waals surface area contributed by atoms with E-state index in [0.29, 0.717) is 28.6 Å². The van der Waals surface area contributed by atoms with E-state index < -0.39 is 10.0 Å². The number of rotatable bonds is 6. The van der Waals surface area contributed by atoms with Gasteiger partial charge in [-0.05, 0) is 42.5 Å². The number of ether oxygens (including phenoxy) is 2. The molecule has 0 radical (unpaired) electrons. The van der Waals surface area contributed by atoms with Gasteiger partial charge in [-0.2, -0.15) is 4.98 Å². The van der Waals surface area contributed by atoms with Crippen molar-refractivity contribution in [1.29, 1.82) is 0 Å². The van der Waals surface area contributed by atoms with E-state index in [4.69, 9.17) is 14.0 Å². The fourth-order valence-corrected chi connectivity index (χ4v) is 3.40. The molecule has 136 valence electrons. The Kier molecular flexibility index (Phi) is 4.81. The van der Waals surface area contributed by atoms with E-state index in [-0.39, 0.29) is 10.7 Å². The predicted octanol–water partition coefficient (Wildman–Crippen LogP) is 2.86. The van der Waals surface area contributed by atoms with E-state index in [1.54, 1.807) is 37.3 Å². The zero-order valence-corrected chi connectivity index (χ0v) is 15.2. The van der Waals surface area contributed by atoms with Crippen LogP contribution in [0.25, 0.3) is 11.4 Å². The number of hydrogen-bond donors (Lipinski definition) is 1. The van der Waals surface area contributed by atoms with Gasteiger partial charge < -0.3 is 14.0 Å². The first-order valence-corrected chi connectivity index (χ1v) is 9.07. The molecule has 0 atom stereocenters. The average molecular weight is 375 g/mol. The largest absolute Gasteiger partial charge is 0.497 e. The molecule has 0 saturated heterocycles. The smallest absolute Gasteiger partial charge is 0.261 e. The van der Waals surface area contributed by atoms with Gasteiger partial charge >= 0.3 is 0 Å². The first kappa shape index (κ1) is 17.7. The highest BCUT2D eigenvalue weighted by Gasteiger charge is 2.20. The van der Waals surface area contributed by atoms with Crippen molar-refractivity contribution in [2.24, 2.45) is 0 Å². The lowest BCUT2D eigenvalue weighted by Crippen LogP contribution is -2.13. The average Bonchev–Trinajstić information content (AvgIpc) is 3.07. The van der Waals surface area contributed by atoms with Crippen LogP contribution in [-0.2, 0) is 10.0 Å². The molecule has 26 heavy (non-hydrogen) atoms. The number of hydrogen-bond acceptors (Lipinski definition) is 7. The van der Waals surface area contributed by atoms with E-state index in [1.807, 2.05) is 0 Å². The van der Waals surface area contributed by atoms with Crippen molar-refractivity contribution in [2.45, 2.75) is 11.8 Å². The Balaban J connectivity index is 1.96. The van der Waals surface area contributed by atoms with Crippen LogP contribution in [0.5, 0.6) is 11.5 Å². The van der Waals surface area contributed by atoms with Crippen LogP contribution in [0.15, 0.2) is 51.9 Å². The quantitative estimate of drug-likeness (QED) is 0.706. The van der Waals surface area contributed by atoms with Crippen molar-refractivity contribution in [3.63, 3.8) is 0 Å². The molecule has 1 N–H and O–H groups in total. The minimum absolute atomic E-state index is 0.0478. The molecule has 0 unspecified atom stereocenters. The lowest BCUT2D eigenvalue weighted by atomic mass is 10.2. The summed E-state index contributed by atoms with van der Waals surface area (Å²) in [6.07, 6.45) is 0. The molecule has 0 aliphatic heterocycles. The number of sulfonamides is 1. The van der Waals surface area contributed by atoms with Gasteiger partial charge in [0, 0.05) is 12.6 Å². The van der Waals surface area contributed by atoms with Crippen LogP contribution in [0, 0.1) is 6.92 Å². The summed E-state index contributed by atoms with van der Waals surface area (Å²) in [5.41, 5.74) is 0.834. The zero-order chi connectivity index (χ0) is 18.7. The Labute approximate surface area is 150 Å². The van der Waals surface area contributed by atoms with E-state index in [9.17, 15) is 8.42 Å². The monoisotopic (exact) mass is 375 g/mol. The summed E-state index contributed by atoms with van der Waals surface area (Å²) in [7, 11) is -0.793. The molecule has 0 aliphatic rings. The van der Waals surface area contributed by atoms with Crippen LogP contribution in [0.4, 0.5) is 5.69 Å². The first-order valence-electron chi connectivity index (χ1n) is 7.58. The maximum absolute atomic E-state index is 12.7. The van der Waals surface area contributed by atoms with Crippen molar-refractivity contribution in [3.05, 3.63) is 48.4 Å². The SMILES string of the molecule is COc1ccc(NS(=O)(=O)c2ccc(OC)c(-c3noc(C)n3)c2)cc1. The number of nitrogens with zero attached hydrogens (tertiary/aromatic N) is 2. The van der Waals surface area contributed by atoms with Crippen LogP contribution in [0.3, 0.4) is 0 Å². The lowest BCUT2D eigenvalue weighted by molar-refractivity contribution is 0.392. The number of methoxy groups -OCH3 is 2. The molecule has 0 fully saturated rings. The Hall–Kier alpha value is -3.07. The molecule has 0 bridgehead atoms. The Morgan fingerprint density at radius 1 is 1.04 bits per heavy atom. The van der Waals surface area contributed by atoms with Crippen LogP contribution in [0.2, 0.25) is 0 Å². The fraction of sp³-hybridized carbons (Fsp3) is 0.176. The maximum atomic E-state index is 12.7. The zero-order valence-electron chi connectivity index (χ0n) is 14.4. The highest BCUT2D eigenvalue weighted by atomic mass is 32.2. The topological polar surface area (TPSA) is 104 Å². The molecule has 3 aromatic rings. The first-order chi connectivity index (χ1) is 12.4. The lowest BCUT2D eigenvalue weighted by Gasteiger charge is -2.11. The van der Waals surface area contributed by atoms with E-state index in [1.165, 1.54) is 26.4 Å². The van der Waals surface area contributed by atoms with Gasteiger partial charge in [-0.25, -0.2) is 8.42 Å². The van der Waals surface area contributed by atoms with E-state index in [2.05, 4.69) is 14.9 Å². The Morgan fingerprint density at radius 3 is 2.35 bits per heavy atom. The van der Waals surface area contributed by atoms with Crippen LogP contribution < -0.4 is 14.2 Å². The second-order valence-corrected chi connectivity index (χ2v) is 7.02. The van der Waals surface area contributed by atoms with Crippen molar-refractivity contribution in [1.82, 2.24) is 10.1 Å². The molecule has 0 amide bonds. The van der Waals surface area contributed by atoms with Crippen LogP contribution >= 0.6 is 0 Å². The number of anilines is 1. The molecule has 2 aromatic carbocycles. The second kappa shape index (κ2) is 7.04. The predicted molar refractivity (Wildman–Crippen MR) is 94.8 cm³/mol. The summed E-state index contributed by atoms with van der Waals surface area (Å²) in [6, 6.07) is 11.0. The summed E-state index contributed by atoms with van der Waals surface area (Å²) >= 11 is 0. The molecule has 3 rings (SSSR count). The van der Waals surface area contributed by atoms with Crippen LogP contribution in [0.1, 0.15) is 5.89 Å². The number of benzene rings is 2. The normalized spacial score (nSPS) is 11.2. The van der Waals surface area contributed by atoms with Gasteiger partial charge in [-0.3, -0.25) is 4.72 Å². The highest BCUT2D eigenvalue weighted by molar-refractivity contribution is 7.92. The molecule has 0 aliphatic carbocycles. The molecule has 9 heteroatoms. The van der Waals surface area contributed by atoms with Crippen molar-refractivity contribution in [2.75, 3.05) is 18.9 Å². The van der Waals surface area contributed by atoms with E-state index in [0.717, 1.165) is 0 Å². The number of nitrogens with one attached hydrogen (secondary N) is 1. The Bertz CT molecular complexity index is 1010. The van der Waals surface area contributed by atoms with Crippen LogP contribution in [-0.4, -0.2) is 32.8 Å². The second-order valence-electron chi connectivity index (χ2n) is 5.33. The highest BCUT2D eigenvalue weighted by Crippen LogP contribution is 2.31. The third-order valence-electron chi connectivity index (χ3n) is 3.59. The van der Waals surface area contributed by atoms with Gasteiger partial charge in [0.25, 0.3) is 10.0 Å². The summed E-state index contributed by atoms with van der Waals surface area (Å²) < 4.78 is 43.2. The molecular weight excluding hydrogens is 358 g/mol. The fourth-order valence-electron chi connectivity index (χ4n) is 2.31. The van der Waals surface area contributed by atoms with Gasteiger partial charge in [0.05, 0.1) is 24.7 Å². The van der Waals surface area contributed by atoms with Gasteiger partial charge in [0.1, 0.15) is 11.5 Å². The van der Waals surface area contributed by atoms with Crippen molar-refractivity contribution in [3.8, 4) is 22.9 Å². The summed E-state index contributed by atoms with van der Waals surface area (Å²) in [4.78, 5) is 4.18. The number of aryl methyl sites for hydroxylation is 1. The summed E-state index contributed by atoms with van der Waals surface area (Å²) in [6.45, 7) is 1.65. The maximum Gasteiger partial charge on any atom is 0.261 e.